The average molecular weight is 221 g/mol. The first-order valence-electron chi connectivity index (χ1n) is 5.79. The Morgan fingerprint density at radius 1 is 1.38 bits per heavy atom. The number of ether oxygens (including phenoxy) is 1. The summed E-state index contributed by atoms with van der Waals surface area (Å²) in [5, 5.41) is 0. The van der Waals surface area contributed by atoms with Gasteiger partial charge in [-0.2, -0.15) is 0 Å². The van der Waals surface area contributed by atoms with Gasteiger partial charge in [-0.25, -0.2) is 4.98 Å². The highest BCUT2D eigenvalue weighted by Crippen LogP contribution is 2.37. The van der Waals surface area contributed by atoms with Gasteiger partial charge in [-0.3, -0.25) is 0 Å². The summed E-state index contributed by atoms with van der Waals surface area (Å²) in [6.07, 6.45) is 6.48. The average Bonchev–Trinajstić information content (AvgIpc) is 2.78. The van der Waals surface area contributed by atoms with E-state index in [-0.39, 0.29) is 5.41 Å². The number of nitrogen functional groups attached to an aromatic ring is 1. The number of pyridine rings is 1. The molecule has 4 nitrogen and oxygen atoms in total. The van der Waals surface area contributed by atoms with Crippen molar-refractivity contribution in [1.82, 2.24) is 4.98 Å². The molecule has 2 rings (SSSR count). The van der Waals surface area contributed by atoms with Crippen LogP contribution >= 0.6 is 0 Å². The SMILES string of the molecule is NCC1(COc2ncccc2N)CCCC1. The Bertz CT molecular complexity index is 348. The van der Waals surface area contributed by atoms with Crippen molar-refractivity contribution in [1.29, 1.82) is 0 Å². The molecule has 0 bridgehead atoms. The standard InChI is InChI=1S/C12H19N3O/c13-8-12(5-1-2-6-12)9-16-11-10(14)4-3-7-15-11/h3-4,7H,1-2,5-6,8-9,13-14H2. The Hall–Kier alpha value is -1.29. The lowest BCUT2D eigenvalue weighted by Gasteiger charge is -2.26. The molecule has 0 saturated heterocycles. The highest BCUT2D eigenvalue weighted by molar-refractivity contribution is 5.46. The monoisotopic (exact) mass is 221 g/mol. The summed E-state index contributed by atoms with van der Waals surface area (Å²) in [6.45, 7) is 1.31. The summed E-state index contributed by atoms with van der Waals surface area (Å²) >= 11 is 0. The van der Waals surface area contributed by atoms with E-state index in [1.165, 1.54) is 12.8 Å². The normalized spacial score (nSPS) is 18.6. The van der Waals surface area contributed by atoms with Crippen molar-refractivity contribution in [3.8, 4) is 5.88 Å². The van der Waals surface area contributed by atoms with Crippen molar-refractivity contribution in [2.24, 2.45) is 11.1 Å². The van der Waals surface area contributed by atoms with Crippen molar-refractivity contribution in [3.05, 3.63) is 18.3 Å². The van der Waals surface area contributed by atoms with Crippen LogP contribution in [0.2, 0.25) is 0 Å². The Morgan fingerprint density at radius 2 is 2.12 bits per heavy atom. The molecule has 0 unspecified atom stereocenters. The van der Waals surface area contributed by atoms with Crippen molar-refractivity contribution in [2.75, 3.05) is 18.9 Å². The van der Waals surface area contributed by atoms with E-state index in [2.05, 4.69) is 4.98 Å². The van der Waals surface area contributed by atoms with Crippen LogP contribution in [0.15, 0.2) is 18.3 Å². The van der Waals surface area contributed by atoms with Gasteiger partial charge in [0.05, 0.1) is 12.3 Å². The number of nitrogens with two attached hydrogens (primary N) is 2. The van der Waals surface area contributed by atoms with E-state index >= 15 is 0 Å². The summed E-state index contributed by atoms with van der Waals surface area (Å²) in [7, 11) is 0. The molecule has 0 aliphatic heterocycles. The van der Waals surface area contributed by atoms with E-state index in [1.54, 1.807) is 18.3 Å². The van der Waals surface area contributed by atoms with Crippen molar-refractivity contribution < 1.29 is 4.74 Å². The molecule has 0 atom stereocenters. The number of rotatable bonds is 4. The van der Waals surface area contributed by atoms with E-state index in [4.69, 9.17) is 16.2 Å². The number of nitrogens with zero attached hydrogens (tertiary/aromatic N) is 1. The Balaban J connectivity index is 1.98. The second-order valence-electron chi connectivity index (χ2n) is 4.60. The number of aromatic nitrogens is 1. The molecule has 1 aliphatic carbocycles. The molecule has 0 spiro atoms. The maximum Gasteiger partial charge on any atom is 0.237 e. The highest BCUT2D eigenvalue weighted by Gasteiger charge is 2.33. The molecule has 1 aromatic heterocycles. The molecule has 0 radical (unpaired) electrons. The van der Waals surface area contributed by atoms with Gasteiger partial charge in [0.2, 0.25) is 5.88 Å². The molecule has 1 aromatic rings. The smallest absolute Gasteiger partial charge is 0.237 e. The van der Waals surface area contributed by atoms with Crippen molar-refractivity contribution in [3.63, 3.8) is 0 Å². The van der Waals surface area contributed by atoms with E-state index in [0.29, 0.717) is 24.7 Å². The third-order valence-electron chi connectivity index (χ3n) is 3.41. The first-order chi connectivity index (χ1) is 7.76. The summed E-state index contributed by atoms with van der Waals surface area (Å²) in [4.78, 5) is 4.12. The number of anilines is 1. The molecule has 4 N–H and O–H groups in total. The second-order valence-corrected chi connectivity index (χ2v) is 4.60. The van der Waals surface area contributed by atoms with Crippen LogP contribution in [-0.2, 0) is 0 Å². The fourth-order valence-electron chi connectivity index (χ4n) is 2.28. The first kappa shape index (κ1) is 11.2. The van der Waals surface area contributed by atoms with Crippen LogP contribution in [0.4, 0.5) is 5.69 Å². The Kier molecular flexibility index (Phi) is 3.29. The molecule has 1 heterocycles. The molecule has 1 fully saturated rings. The summed E-state index contributed by atoms with van der Waals surface area (Å²) in [5.74, 6) is 0.530. The van der Waals surface area contributed by atoms with Crippen LogP contribution in [0.1, 0.15) is 25.7 Å². The van der Waals surface area contributed by atoms with Crippen molar-refractivity contribution >= 4 is 5.69 Å². The molecule has 4 heteroatoms. The van der Waals surface area contributed by atoms with Crippen LogP contribution in [0.3, 0.4) is 0 Å². The van der Waals surface area contributed by atoms with E-state index in [9.17, 15) is 0 Å². The molecule has 0 amide bonds. The zero-order valence-electron chi connectivity index (χ0n) is 9.48. The first-order valence-corrected chi connectivity index (χ1v) is 5.79. The van der Waals surface area contributed by atoms with E-state index in [0.717, 1.165) is 12.8 Å². The predicted molar refractivity (Wildman–Crippen MR) is 64.1 cm³/mol. The second kappa shape index (κ2) is 4.70. The van der Waals surface area contributed by atoms with Gasteiger partial charge >= 0.3 is 0 Å². The topological polar surface area (TPSA) is 74.2 Å². The van der Waals surface area contributed by atoms with Crippen LogP contribution in [-0.4, -0.2) is 18.1 Å². The summed E-state index contributed by atoms with van der Waals surface area (Å²) < 4.78 is 5.70. The maximum absolute atomic E-state index is 5.84. The van der Waals surface area contributed by atoms with E-state index in [1.807, 2.05) is 0 Å². The number of hydrogen-bond donors (Lipinski definition) is 2. The Morgan fingerprint density at radius 3 is 2.75 bits per heavy atom. The predicted octanol–water partition coefficient (Wildman–Crippen LogP) is 1.56. The molecule has 1 aliphatic rings. The fraction of sp³-hybridized carbons (Fsp3) is 0.583. The van der Waals surface area contributed by atoms with Gasteiger partial charge in [-0.1, -0.05) is 12.8 Å². The van der Waals surface area contributed by atoms with Crippen LogP contribution in [0.5, 0.6) is 5.88 Å². The highest BCUT2D eigenvalue weighted by atomic mass is 16.5. The number of hydrogen-bond acceptors (Lipinski definition) is 4. The van der Waals surface area contributed by atoms with Gasteiger partial charge in [0.25, 0.3) is 0 Å². The van der Waals surface area contributed by atoms with Gasteiger partial charge in [0, 0.05) is 18.2 Å². The zero-order valence-corrected chi connectivity index (χ0v) is 9.48. The van der Waals surface area contributed by atoms with Crippen LogP contribution < -0.4 is 16.2 Å². The van der Waals surface area contributed by atoms with Gasteiger partial charge in [-0.05, 0) is 25.0 Å². The molecular formula is C12H19N3O. The van der Waals surface area contributed by atoms with Crippen LogP contribution in [0.25, 0.3) is 0 Å². The van der Waals surface area contributed by atoms with Crippen LogP contribution in [0, 0.1) is 5.41 Å². The lowest BCUT2D eigenvalue weighted by molar-refractivity contribution is 0.153. The third-order valence-corrected chi connectivity index (χ3v) is 3.41. The lowest BCUT2D eigenvalue weighted by atomic mass is 9.87. The van der Waals surface area contributed by atoms with Gasteiger partial charge in [-0.15, -0.1) is 0 Å². The summed E-state index contributed by atoms with van der Waals surface area (Å²) in [6, 6.07) is 3.60. The van der Waals surface area contributed by atoms with E-state index < -0.39 is 0 Å². The maximum atomic E-state index is 5.84. The van der Waals surface area contributed by atoms with Crippen molar-refractivity contribution in [2.45, 2.75) is 25.7 Å². The van der Waals surface area contributed by atoms with Gasteiger partial charge in [0.1, 0.15) is 0 Å². The minimum absolute atomic E-state index is 0.143. The minimum Gasteiger partial charge on any atom is -0.476 e. The molecule has 0 aromatic carbocycles. The third kappa shape index (κ3) is 2.27. The quantitative estimate of drug-likeness (QED) is 0.809. The minimum atomic E-state index is 0.143. The largest absolute Gasteiger partial charge is 0.476 e. The summed E-state index contributed by atoms with van der Waals surface area (Å²) in [5.41, 5.74) is 12.3. The molecule has 1 saturated carbocycles. The fourth-order valence-corrected chi connectivity index (χ4v) is 2.28. The zero-order chi connectivity index (χ0) is 11.4. The lowest BCUT2D eigenvalue weighted by Crippen LogP contribution is -2.33. The van der Waals surface area contributed by atoms with Gasteiger partial charge in [0.15, 0.2) is 0 Å². The molecule has 16 heavy (non-hydrogen) atoms. The Labute approximate surface area is 96.0 Å². The van der Waals surface area contributed by atoms with Gasteiger partial charge < -0.3 is 16.2 Å². The molecular weight excluding hydrogens is 202 g/mol. The molecule has 88 valence electrons.